The zero-order valence-corrected chi connectivity index (χ0v) is 10.9. The fraction of sp³-hybridized carbons (Fsp3) is 0.167. The van der Waals surface area contributed by atoms with E-state index >= 15 is 0 Å². The van der Waals surface area contributed by atoms with Crippen LogP contribution in [0, 0.1) is 5.95 Å². The minimum atomic E-state index is -0.660. The van der Waals surface area contributed by atoms with Crippen molar-refractivity contribution in [3.05, 3.63) is 51.2 Å². The molecule has 0 aliphatic carbocycles. The van der Waals surface area contributed by atoms with Gasteiger partial charge in [-0.15, -0.1) is 11.3 Å². The van der Waals surface area contributed by atoms with Crippen LogP contribution < -0.4 is 5.32 Å². The van der Waals surface area contributed by atoms with Crippen molar-refractivity contribution in [2.75, 3.05) is 6.54 Å². The lowest BCUT2D eigenvalue weighted by Crippen LogP contribution is -2.26. The Balaban J connectivity index is 1.85. The lowest BCUT2D eigenvalue weighted by molar-refractivity contribution is 0.0948. The second-order valence-electron chi connectivity index (χ2n) is 3.56. The van der Waals surface area contributed by atoms with Crippen LogP contribution in [0.5, 0.6) is 0 Å². The molecule has 0 saturated carbocycles. The summed E-state index contributed by atoms with van der Waals surface area (Å²) in [5.74, 6) is -1.04. The van der Waals surface area contributed by atoms with Gasteiger partial charge in [-0.3, -0.25) is 4.79 Å². The van der Waals surface area contributed by atoms with Crippen molar-refractivity contribution < 1.29 is 9.18 Å². The van der Waals surface area contributed by atoms with Crippen LogP contribution in [0.15, 0.2) is 30.3 Å². The molecule has 0 aliphatic heterocycles. The van der Waals surface area contributed by atoms with Crippen molar-refractivity contribution in [3.8, 4) is 0 Å². The highest BCUT2D eigenvalue weighted by molar-refractivity contribution is 7.16. The van der Waals surface area contributed by atoms with Crippen LogP contribution in [0.2, 0.25) is 4.34 Å². The van der Waals surface area contributed by atoms with E-state index in [1.807, 2.05) is 12.1 Å². The molecule has 1 amide bonds. The second-order valence-corrected chi connectivity index (χ2v) is 5.36. The topological polar surface area (TPSA) is 42.0 Å². The van der Waals surface area contributed by atoms with Gasteiger partial charge in [0.2, 0.25) is 5.95 Å². The van der Waals surface area contributed by atoms with Crippen LogP contribution in [0.1, 0.15) is 15.4 Å². The average Bonchev–Trinajstić information content (AvgIpc) is 2.75. The summed E-state index contributed by atoms with van der Waals surface area (Å²) < 4.78 is 13.5. The van der Waals surface area contributed by atoms with E-state index in [1.165, 1.54) is 29.5 Å². The normalized spacial score (nSPS) is 10.3. The quantitative estimate of drug-likeness (QED) is 0.877. The van der Waals surface area contributed by atoms with Gasteiger partial charge in [0.25, 0.3) is 5.91 Å². The molecular formula is C12H10ClFN2OS. The minimum Gasteiger partial charge on any atom is -0.350 e. The maximum absolute atomic E-state index is 12.8. The highest BCUT2D eigenvalue weighted by Crippen LogP contribution is 2.21. The third-order valence-electron chi connectivity index (χ3n) is 2.23. The number of nitrogens with one attached hydrogen (secondary N) is 1. The maximum atomic E-state index is 12.8. The zero-order chi connectivity index (χ0) is 13.0. The Morgan fingerprint density at radius 1 is 1.39 bits per heavy atom. The van der Waals surface area contributed by atoms with Gasteiger partial charge in [-0.2, -0.15) is 4.39 Å². The molecule has 0 spiro atoms. The minimum absolute atomic E-state index is 0.0826. The lowest BCUT2D eigenvalue weighted by Gasteiger charge is -2.03. The van der Waals surface area contributed by atoms with Crippen LogP contribution >= 0.6 is 22.9 Å². The Morgan fingerprint density at radius 2 is 2.22 bits per heavy atom. The Hall–Kier alpha value is -1.46. The predicted molar refractivity (Wildman–Crippen MR) is 69.6 cm³/mol. The molecule has 0 aromatic carbocycles. The summed E-state index contributed by atoms with van der Waals surface area (Å²) >= 11 is 7.27. The van der Waals surface area contributed by atoms with E-state index in [0.717, 1.165) is 9.21 Å². The summed E-state index contributed by atoms with van der Waals surface area (Å²) in [7, 11) is 0. The summed E-state index contributed by atoms with van der Waals surface area (Å²) in [4.78, 5) is 16.2. The van der Waals surface area contributed by atoms with E-state index in [1.54, 1.807) is 0 Å². The number of carbonyl (C=O) groups excluding carboxylic acids is 1. The molecule has 6 heteroatoms. The van der Waals surface area contributed by atoms with E-state index < -0.39 is 5.95 Å². The first-order chi connectivity index (χ1) is 8.65. The van der Waals surface area contributed by atoms with Crippen LogP contribution in [0.25, 0.3) is 0 Å². The van der Waals surface area contributed by atoms with Crippen LogP contribution in [0.3, 0.4) is 0 Å². The number of amides is 1. The van der Waals surface area contributed by atoms with Gasteiger partial charge in [0.1, 0.15) is 5.69 Å². The number of pyridine rings is 1. The van der Waals surface area contributed by atoms with Gasteiger partial charge in [0.05, 0.1) is 4.34 Å². The van der Waals surface area contributed by atoms with E-state index in [2.05, 4.69) is 10.3 Å². The van der Waals surface area contributed by atoms with E-state index in [-0.39, 0.29) is 11.6 Å². The molecular weight excluding hydrogens is 275 g/mol. The van der Waals surface area contributed by atoms with Gasteiger partial charge in [0.15, 0.2) is 0 Å². The Bertz CT molecular complexity index is 559. The molecule has 0 atom stereocenters. The lowest BCUT2D eigenvalue weighted by atomic mass is 10.3. The molecule has 94 valence electrons. The molecule has 0 aliphatic rings. The summed E-state index contributed by atoms with van der Waals surface area (Å²) in [5, 5.41) is 2.68. The van der Waals surface area contributed by atoms with Crippen molar-refractivity contribution in [2.45, 2.75) is 6.42 Å². The number of hydrogen-bond donors (Lipinski definition) is 1. The van der Waals surface area contributed by atoms with Gasteiger partial charge < -0.3 is 5.32 Å². The van der Waals surface area contributed by atoms with Crippen LogP contribution in [-0.4, -0.2) is 17.4 Å². The van der Waals surface area contributed by atoms with Gasteiger partial charge >= 0.3 is 0 Å². The Morgan fingerprint density at radius 3 is 2.89 bits per heavy atom. The molecule has 2 heterocycles. The SMILES string of the molecule is O=C(NCCc1ccc(Cl)s1)c1cccc(F)n1. The Kier molecular flexibility index (Phi) is 4.28. The smallest absolute Gasteiger partial charge is 0.270 e. The monoisotopic (exact) mass is 284 g/mol. The van der Waals surface area contributed by atoms with Gasteiger partial charge in [-0.25, -0.2) is 4.98 Å². The number of hydrogen-bond acceptors (Lipinski definition) is 3. The van der Waals surface area contributed by atoms with Crippen molar-refractivity contribution in [1.82, 2.24) is 10.3 Å². The first kappa shape index (κ1) is 13.0. The van der Waals surface area contributed by atoms with Crippen LogP contribution in [-0.2, 0) is 6.42 Å². The third kappa shape index (κ3) is 3.51. The first-order valence-electron chi connectivity index (χ1n) is 5.30. The van der Waals surface area contributed by atoms with Gasteiger partial charge in [0, 0.05) is 11.4 Å². The largest absolute Gasteiger partial charge is 0.350 e. The van der Waals surface area contributed by atoms with Gasteiger partial charge in [-0.1, -0.05) is 17.7 Å². The molecule has 3 nitrogen and oxygen atoms in total. The summed E-state index contributed by atoms with van der Waals surface area (Å²) in [6.45, 7) is 0.466. The third-order valence-corrected chi connectivity index (χ3v) is 3.52. The number of thiophene rings is 1. The molecule has 18 heavy (non-hydrogen) atoms. The number of halogens is 2. The second kappa shape index (κ2) is 5.93. The van der Waals surface area contributed by atoms with E-state index in [9.17, 15) is 9.18 Å². The number of nitrogens with zero attached hydrogens (tertiary/aromatic N) is 1. The van der Waals surface area contributed by atoms with E-state index in [4.69, 9.17) is 11.6 Å². The van der Waals surface area contributed by atoms with E-state index in [0.29, 0.717) is 13.0 Å². The fourth-order valence-corrected chi connectivity index (χ4v) is 2.50. The highest BCUT2D eigenvalue weighted by Gasteiger charge is 2.07. The summed E-state index contributed by atoms with van der Waals surface area (Å²) in [6.07, 6.45) is 0.693. The van der Waals surface area contributed by atoms with Crippen molar-refractivity contribution in [2.24, 2.45) is 0 Å². The van der Waals surface area contributed by atoms with Crippen LogP contribution in [0.4, 0.5) is 4.39 Å². The summed E-state index contributed by atoms with van der Waals surface area (Å²) in [5.41, 5.74) is 0.0826. The first-order valence-corrected chi connectivity index (χ1v) is 6.49. The Labute approximate surface area is 113 Å². The maximum Gasteiger partial charge on any atom is 0.270 e. The number of carbonyl (C=O) groups is 1. The summed E-state index contributed by atoms with van der Waals surface area (Å²) in [6, 6.07) is 7.86. The van der Waals surface area contributed by atoms with Crippen molar-refractivity contribution >= 4 is 28.8 Å². The molecule has 0 saturated heterocycles. The average molecular weight is 285 g/mol. The molecule has 0 fully saturated rings. The van der Waals surface area contributed by atoms with Crippen molar-refractivity contribution in [1.29, 1.82) is 0 Å². The molecule has 2 aromatic rings. The molecule has 2 rings (SSSR count). The number of rotatable bonds is 4. The standard InChI is InChI=1S/C12H10ClFN2OS/c13-10-5-4-8(18-10)6-7-15-12(17)9-2-1-3-11(14)16-9/h1-5H,6-7H2,(H,15,17). The highest BCUT2D eigenvalue weighted by atomic mass is 35.5. The molecule has 0 bridgehead atoms. The predicted octanol–water partition coefficient (Wildman–Crippen LogP) is 2.91. The van der Waals surface area contributed by atoms with Gasteiger partial charge in [-0.05, 0) is 30.7 Å². The number of aromatic nitrogens is 1. The molecule has 2 aromatic heterocycles. The molecule has 1 N–H and O–H groups in total. The molecule has 0 unspecified atom stereocenters. The van der Waals surface area contributed by atoms with Crippen molar-refractivity contribution in [3.63, 3.8) is 0 Å². The zero-order valence-electron chi connectivity index (χ0n) is 9.32. The fourth-order valence-electron chi connectivity index (χ4n) is 1.41. The molecule has 0 radical (unpaired) electrons.